The Morgan fingerprint density at radius 2 is 2.10 bits per heavy atom. The van der Waals surface area contributed by atoms with Crippen molar-refractivity contribution in [1.82, 2.24) is 20.4 Å². The molecule has 3 rings (SSSR count). The van der Waals surface area contributed by atoms with Gasteiger partial charge in [0.25, 0.3) is 0 Å². The summed E-state index contributed by atoms with van der Waals surface area (Å²) in [5, 5.41) is 11.4. The van der Waals surface area contributed by atoms with E-state index in [1.807, 2.05) is 13.0 Å². The Bertz CT molecular complexity index is 506. The summed E-state index contributed by atoms with van der Waals surface area (Å²) in [6.45, 7) is 7.09. The molecule has 0 radical (unpaired) electrons. The molecule has 2 aliphatic heterocycles. The highest BCUT2D eigenvalue weighted by atomic mass is 16.2. The maximum absolute atomic E-state index is 12.1. The molecule has 21 heavy (non-hydrogen) atoms. The molecule has 2 saturated heterocycles. The Labute approximate surface area is 126 Å². The molecule has 3 heterocycles. The minimum Gasteiger partial charge on any atom is -0.353 e. The number of amides is 1. The molecule has 0 saturated carbocycles. The van der Waals surface area contributed by atoms with E-state index < -0.39 is 0 Å². The SMILES string of the molecule is Cc1ccc(CCN2CCC3(CC2)CC(C)NC3=O)nn1. The third kappa shape index (κ3) is 3.07. The first-order valence-corrected chi connectivity index (χ1v) is 7.90. The van der Waals surface area contributed by atoms with Crippen LogP contribution in [0.3, 0.4) is 0 Å². The summed E-state index contributed by atoms with van der Waals surface area (Å²) in [6.07, 6.45) is 3.91. The number of likely N-dealkylation sites (tertiary alicyclic amines) is 1. The van der Waals surface area contributed by atoms with Crippen LogP contribution in [0, 0.1) is 12.3 Å². The van der Waals surface area contributed by atoms with E-state index in [2.05, 4.69) is 33.4 Å². The van der Waals surface area contributed by atoms with Gasteiger partial charge in [-0.25, -0.2) is 0 Å². The highest BCUT2D eigenvalue weighted by Gasteiger charge is 2.46. The van der Waals surface area contributed by atoms with Crippen LogP contribution in [0.5, 0.6) is 0 Å². The molecule has 0 bridgehead atoms. The first-order chi connectivity index (χ1) is 10.1. The molecule has 0 aliphatic carbocycles. The number of nitrogens with zero attached hydrogens (tertiary/aromatic N) is 3. The molecular weight excluding hydrogens is 264 g/mol. The summed E-state index contributed by atoms with van der Waals surface area (Å²) in [6, 6.07) is 4.41. The van der Waals surface area contributed by atoms with Gasteiger partial charge in [-0.2, -0.15) is 10.2 Å². The Morgan fingerprint density at radius 1 is 1.33 bits per heavy atom. The van der Waals surface area contributed by atoms with Crippen LogP contribution >= 0.6 is 0 Å². The fourth-order valence-corrected chi connectivity index (χ4v) is 3.58. The zero-order valence-electron chi connectivity index (χ0n) is 12.9. The van der Waals surface area contributed by atoms with Gasteiger partial charge in [0.2, 0.25) is 5.91 Å². The topological polar surface area (TPSA) is 58.1 Å². The molecule has 1 spiro atoms. The fourth-order valence-electron chi connectivity index (χ4n) is 3.58. The number of hydrogen-bond donors (Lipinski definition) is 1. The number of piperidine rings is 1. The van der Waals surface area contributed by atoms with Gasteiger partial charge < -0.3 is 10.2 Å². The molecule has 1 amide bonds. The molecule has 1 N–H and O–H groups in total. The van der Waals surface area contributed by atoms with Gasteiger partial charge in [-0.15, -0.1) is 0 Å². The van der Waals surface area contributed by atoms with Crippen LogP contribution in [0.25, 0.3) is 0 Å². The zero-order valence-corrected chi connectivity index (χ0v) is 12.9. The van der Waals surface area contributed by atoms with Crippen molar-refractivity contribution in [3.63, 3.8) is 0 Å². The molecule has 114 valence electrons. The van der Waals surface area contributed by atoms with E-state index in [0.717, 1.165) is 56.7 Å². The summed E-state index contributed by atoms with van der Waals surface area (Å²) < 4.78 is 0. The number of nitrogens with one attached hydrogen (secondary N) is 1. The minimum atomic E-state index is -0.0837. The summed E-state index contributed by atoms with van der Waals surface area (Å²) in [7, 11) is 0. The van der Waals surface area contributed by atoms with Crippen LogP contribution in [-0.2, 0) is 11.2 Å². The van der Waals surface area contributed by atoms with E-state index >= 15 is 0 Å². The number of rotatable bonds is 3. The zero-order chi connectivity index (χ0) is 14.9. The Kier molecular flexibility index (Phi) is 3.93. The smallest absolute Gasteiger partial charge is 0.226 e. The van der Waals surface area contributed by atoms with Gasteiger partial charge in [-0.3, -0.25) is 4.79 Å². The minimum absolute atomic E-state index is 0.0837. The van der Waals surface area contributed by atoms with Crippen molar-refractivity contribution in [3.05, 3.63) is 23.5 Å². The lowest BCUT2D eigenvalue weighted by atomic mass is 9.76. The molecule has 0 aromatic carbocycles. The van der Waals surface area contributed by atoms with Crippen molar-refractivity contribution in [3.8, 4) is 0 Å². The van der Waals surface area contributed by atoms with Crippen LogP contribution in [0.15, 0.2) is 12.1 Å². The van der Waals surface area contributed by atoms with Crippen molar-refractivity contribution in [2.45, 2.75) is 45.6 Å². The highest BCUT2D eigenvalue weighted by Crippen LogP contribution is 2.40. The van der Waals surface area contributed by atoms with Crippen LogP contribution in [0.1, 0.15) is 37.6 Å². The van der Waals surface area contributed by atoms with Crippen molar-refractivity contribution in [2.24, 2.45) is 5.41 Å². The lowest BCUT2D eigenvalue weighted by molar-refractivity contribution is -0.130. The van der Waals surface area contributed by atoms with E-state index in [1.54, 1.807) is 0 Å². The standard InChI is InChI=1S/C16H24N4O/c1-12-3-4-14(19-18-12)5-8-20-9-6-16(7-10-20)11-13(2)17-15(16)21/h3-4,13H,5-11H2,1-2H3,(H,17,21). The third-order valence-electron chi connectivity index (χ3n) is 4.91. The van der Waals surface area contributed by atoms with E-state index in [1.165, 1.54) is 0 Å². The largest absolute Gasteiger partial charge is 0.353 e. The quantitative estimate of drug-likeness (QED) is 0.911. The van der Waals surface area contributed by atoms with Crippen molar-refractivity contribution < 1.29 is 4.79 Å². The van der Waals surface area contributed by atoms with Crippen LogP contribution in [-0.4, -0.2) is 46.7 Å². The van der Waals surface area contributed by atoms with Gasteiger partial charge in [0, 0.05) is 19.0 Å². The molecule has 5 nitrogen and oxygen atoms in total. The third-order valence-corrected chi connectivity index (χ3v) is 4.91. The normalized spacial score (nSPS) is 25.2. The fraction of sp³-hybridized carbons (Fsp3) is 0.688. The molecule has 5 heteroatoms. The van der Waals surface area contributed by atoms with E-state index in [0.29, 0.717) is 6.04 Å². The molecule has 2 fully saturated rings. The van der Waals surface area contributed by atoms with Crippen LogP contribution in [0.4, 0.5) is 0 Å². The number of carbonyl (C=O) groups excluding carboxylic acids is 1. The van der Waals surface area contributed by atoms with Gasteiger partial charge >= 0.3 is 0 Å². The Morgan fingerprint density at radius 3 is 2.67 bits per heavy atom. The number of hydrogen-bond acceptors (Lipinski definition) is 4. The van der Waals surface area contributed by atoms with Crippen LogP contribution in [0.2, 0.25) is 0 Å². The second kappa shape index (κ2) is 5.72. The first kappa shape index (κ1) is 14.4. The van der Waals surface area contributed by atoms with Crippen molar-refractivity contribution >= 4 is 5.91 Å². The summed E-state index contributed by atoms with van der Waals surface area (Å²) in [5.74, 6) is 0.277. The van der Waals surface area contributed by atoms with Crippen LogP contribution < -0.4 is 5.32 Å². The van der Waals surface area contributed by atoms with Gasteiger partial charge in [0.15, 0.2) is 0 Å². The molecule has 1 unspecified atom stereocenters. The van der Waals surface area contributed by atoms with E-state index in [4.69, 9.17) is 0 Å². The average Bonchev–Trinajstić information content (AvgIpc) is 2.74. The Balaban J connectivity index is 1.50. The summed E-state index contributed by atoms with van der Waals surface area (Å²) in [5.41, 5.74) is 1.92. The van der Waals surface area contributed by atoms with E-state index in [9.17, 15) is 4.79 Å². The number of carbonyl (C=O) groups is 1. The maximum atomic E-state index is 12.1. The second-order valence-corrected chi connectivity index (χ2v) is 6.62. The van der Waals surface area contributed by atoms with Crippen molar-refractivity contribution in [2.75, 3.05) is 19.6 Å². The van der Waals surface area contributed by atoms with Gasteiger partial charge in [-0.05, 0) is 58.3 Å². The highest BCUT2D eigenvalue weighted by molar-refractivity contribution is 5.85. The Hall–Kier alpha value is -1.49. The van der Waals surface area contributed by atoms with Gasteiger partial charge in [0.05, 0.1) is 16.8 Å². The lowest BCUT2D eigenvalue weighted by Crippen LogP contribution is -2.44. The number of aryl methyl sites for hydroxylation is 1. The summed E-state index contributed by atoms with van der Waals surface area (Å²) >= 11 is 0. The molecule has 1 aromatic heterocycles. The number of aromatic nitrogens is 2. The lowest BCUT2D eigenvalue weighted by Gasteiger charge is -2.37. The monoisotopic (exact) mass is 288 g/mol. The predicted molar refractivity (Wildman–Crippen MR) is 80.8 cm³/mol. The predicted octanol–water partition coefficient (Wildman–Crippen LogP) is 1.32. The molecule has 1 atom stereocenters. The van der Waals surface area contributed by atoms with E-state index in [-0.39, 0.29) is 11.3 Å². The maximum Gasteiger partial charge on any atom is 0.226 e. The molecular formula is C16H24N4O. The molecule has 2 aliphatic rings. The summed E-state index contributed by atoms with van der Waals surface area (Å²) in [4.78, 5) is 14.6. The van der Waals surface area contributed by atoms with Gasteiger partial charge in [-0.1, -0.05) is 0 Å². The second-order valence-electron chi connectivity index (χ2n) is 6.62. The van der Waals surface area contributed by atoms with Crippen molar-refractivity contribution in [1.29, 1.82) is 0 Å². The first-order valence-electron chi connectivity index (χ1n) is 7.90. The van der Waals surface area contributed by atoms with Gasteiger partial charge in [0.1, 0.15) is 0 Å². The molecule has 1 aromatic rings. The average molecular weight is 288 g/mol.